The molecule has 4 aromatic rings. The summed E-state index contributed by atoms with van der Waals surface area (Å²) in [6.07, 6.45) is 6.34. The van der Waals surface area contributed by atoms with Crippen molar-refractivity contribution in [3.8, 4) is 11.4 Å². The third-order valence-corrected chi connectivity index (χ3v) is 6.70. The number of para-hydroxylation sites is 1. The smallest absolute Gasteiger partial charge is 0.267 e. The molecule has 0 amide bonds. The van der Waals surface area contributed by atoms with E-state index in [0.29, 0.717) is 21.9 Å². The van der Waals surface area contributed by atoms with Crippen LogP contribution >= 0.6 is 11.6 Å². The van der Waals surface area contributed by atoms with Crippen molar-refractivity contribution < 1.29 is 0 Å². The molecule has 0 atom stereocenters. The van der Waals surface area contributed by atoms with Crippen LogP contribution < -0.4 is 11.0 Å². The van der Waals surface area contributed by atoms with Crippen molar-refractivity contribution in [1.82, 2.24) is 14.1 Å². The second-order valence-corrected chi connectivity index (χ2v) is 8.80. The Bertz CT molecular complexity index is 1400. The Morgan fingerprint density at radius 1 is 0.935 bits per heavy atom. The Morgan fingerprint density at radius 3 is 2.32 bits per heavy atom. The zero-order valence-corrected chi connectivity index (χ0v) is 18.2. The van der Waals surface area contributed by atoms with Crippen molar-refractivity contribution in [3.05, 3.63) is 74.1 Å². The molecule has 1 aliphatic carbocycles. The van der Waals surface area contributed by atoms with E-state index >= 15 is 0 Å². The van der Waals surface area contributed by atoms with Gasteiger partial charge in [0.2, 0.25) is 5.43 Å². The molecular weight excluding hydrogens is 410 g/mol. The standard InChI is InChI=1S/C25H24ClN3O2/c1-28-20-11-7-6-10-19(20)22(30)21-24(28)27-23(16-12-14-17(26)15-13-16)29(25(21)31)18-8-4-2-3-5-9-18/h6-7,10-15,18H,2-5,8-9H2,1H3. The van der Waals surface area contributed by atoms with Gasteiger partial charge in [0, 0.05) is 29.1 Å². The summed E-state index contributed by atoms with van der Waals surface area (Å²) in [5.74, 6) is 0.603. The van der Waals surface area contributed by atoms with Gasteiger partial charge in [-0.2, -0.15) is 0 Å². The van der Waals surface area contributed by atoms with E-state index in [0.717, 1.165) is 36.8 Å². The lowest BCUT2D eigenvalue weighted by Crippen LogP contribution is -2.32. The highest BCUT2D eigenvalue weighted by Gasteiger charge is 2.24. The summed E-state index contributed by atoms with van der Waals surface area (Å²) < 4.78 is 3.64. The lowest BCUT2D eigenvalue weighted by atomic mass is 10.1. The van der Waals surface area contributed by atoms with Crippen molar-refractivity contribution in [2.75, 3.05) is 0 Å². The first-order valence-corrected chi connectivity index (χ1v) is 11.2. The fourth-order valence-electron chi connectivity index (χ4n) is 4.83. The van der Waals surface area contributed by atoms with Crippen molar-refractivity contribution in [1.29, 1.82) is 0 Å². The van der Waals surface area contributed by atoms with E-state index in [9.17, 15) is 9.59 Å². The van der Waals surface area contributed by atoms with Gasteiger partial charge >= 0.3 is 0 Å². The van der Waals surface area contributed by atoms with E-state index in [-0.39, 0.29) is 22.4 Å². The van der Waals surface area contributed by atoms with E-state index in [1.807, 2.05) is 54.1 Å². The van der Waals surface area contributed by atoms with Crippen LogP contribution in [0.25, 0.3) is 33.3 Å². The normalized spacial score (nSPS) is 15.4. The van der Waals surface area contributed by atoms with E-state index < -0.39 is 0 Å². The van der Waals surface area contributed by atoms with Crippen LogP contribution in [-0.4, -0.2) is 14.1 Å². The van der Waals surface area contributed by atoms with Gasteiger partial charge in [-0.05, 0) is 49.2 Å². The average molecular weight is 434 g/mol. The summed E-state index contributed by atoms with van der Waals surface area (Å²) >= 11 is 6.11. The summed E-state index contributed by atoms with van der Waals surface area (Å²) in [6.45, 7) is 0. The molecule has 0 unspecified atom stereocenters. The quantitative estimate of drug-likeness (QED) is 0.311. The van der Waals surface area contributed by atoms with Crippen molar-refractivity contribution in [3.63, 3.8) is 0 Å². The predicted octanol–water partition coefficient (Wildman–Crippen LogP) is 5.46. The summed E-state index contributed by atoms with van der Waals surface area (Å²) in [6, 6.07) is 14.8. The Morgan fingerprint density at radius 2 is 1.61 bits per heavy atom. The third kappa shape index (κ3) is 3.37. The fraction of sp³-hybridized carbons (Fsp3) is 0.320. The molecule has 2 aromatic heterocycles. The molecule has 0 saturated heterocycles. The van der Waals surface area contributed by atoms with Crippen LogP contribution in [0.3, 0.4) is 0 Å². The zero-order chi connectivity index (χ0) is 21.5. The van der Waals surface area contributed by atoms with Gasteiger partial charge in [-0.3, -0.25) is 14.2 Å². The lowest BCUT2D eigenvalue weighted by Gasteiger charge is -2.23. The Kier molecular flexibility index (Phi) is 5.14. The fourth-order valence-corrected chi connectivity index (χ4v) is 4.95. The molecule has 6 heteroatoms. The maximum atomic E-state index is 13.9. The Balaban J connectivity index is 1.91. The number of fused-ring (bicyclic) bond motifs is 2. The molecule has 0 bridgehead atoms. The van der Waals surface area contributed by atoms with Crippen LogP contribution in [0, 0.1) is 0 Å². The van der Waals surface area contributed by atoms with Crippen LogP contribution in [0.1, 0.15) is 44.6 Å². The van der Waals surface area contributed by atoms with Crippen LogP contribution in [-0.2, 0) is 7.05 Å². The highest BCUT2D eigenvalue weighted by Crippen LogP contribution is 2.31. The molecule has 2 heterocycles. The van der Waals surface area contributed by atoms with Gasteiger partial charge < -0.3 is 4.57 Å². The molecule has 0 N–H and O–H groups in total. The number of hydrogen-bond donors (Lipinski definition) is 0. The van der Waals surface area contributed by atoms with E-state index in [2.05, 4.69) is 0 Å². The van der Waals surface area contributed by atoms with Crippen LogP contribution in [0.2, 0.25) is 5.02 Å². The average Bonchev–Trinajstić information content (AvgIpc) is 3.07. The molecule has 0 aliphatic heterocycles. The van der Waals surface area contributed by atoms with Gasteiger partial charge in [-0.15, -0.1) is 0 Å². The zero-order valence-electron chi connectivity index (χ0n) is 17.5. The van der Waals surface area contributed by atoms with Crippen molar-refractivity contribution in [2.45, 2.75) is 44.6 Å². The minimum absolute atomic E-state index is 0.0359. The molecule has 2 aromatic carbocycles. The van der Waals surface area contributed by atoms with Gasteiger partial charge in [-0.25, -0.2) is 4.98 Å². The second kappa shape index (κ2) is 7.97. The molecule has 158 valence electrons. The number of halogens is 1. The van der Waals surface area contributed by atoms with E-state index in [1.54, 1.807) is 10.6 Å². The van der Waals surface area contributed by atoms with Gasteiger partial charge in [0.25, 0.3) is 5.56 Å². The number of benzene rings is 2. The topological polar surface area (TPSA) is 56.9 Å². The molecule has 0 radical (unpaired) electrons. The summed E-state index contributed by atoms with van der Waals surface area (Å²) in [5, 5.41) is 1.34. The van der Waals surface area contributed by atoms with E-state index in [1.165, 1.54) is 12.8 Å². The molecular formula is C25H24ClN3O2. The first kappa shape index (κ1) is 20.0. The minimum atomic E-state index is -0.244. The number of pyridine rings is 1. The van der Waals surface area contributed by atoms with Crippen molar-refractivity contribution in [2.24, 2.45) is 7.05 Å². The second-order valence-electron chi connectivity index (χ2n) is 8.37. The molecule has 1 fully saturated rings. The highest BCUT2D eigenvalue weighted by molar-refractivity contribution is 6.30. The van der Waals surface area contributed by atoms with Gasteiger partial charge in [0.05, 0.1) is 5.52 Å². The minimum Gasteiger partial charge on any atom is -0.328 e. The van der Waals surface area contributed by atoms with E-state index in [4.69, 9.17) is 16.6 Å². The number of nitrogens with zero attached hydrogens (tertiary/aromatic N) is 3. The maximum absolute atomic E-state index is 13.9. The summed E-state index contributed by atoms with van der Waals surface area (Å²) in [7, 11) is 1.86. The molecule has 5 rings (SSSR count). The summed E-state index contributed by atoms with van der Waals surface area (Å²) in [4.78, 5) is 32.2. The SMILES string of the molecule is Cn1c2ccccc2c(=O)c2c(=O)n(C3CCCCCC3)c(-c3ccc(Cl)cc3)nc21. The number of hydrogen-bond acceptors (Lipinski definition) is 3. The predicted molar refractivity (Wildman–Crippen MR) is 126 cm³/mol. The molecule has 31 heavy (non-hydrogen) atoms. The van der Waals surface area contributed by atoms with Gasteiger partial charge in [0.1, 0.15) is 11.2 Å². The lowest BCUT2D eigenvalue weighted by molar-refractivity contribution is 0.434. The van der Waals surface area contributed by atoms with Gasteiger partial charge in [-0.1, -0.05) is 49.4 Å². The summed E-state index contributed by atoms with van der Waals surface area (Å²) in [5.41, 5.74) is 1.53. The van der Waals surface area contributed by atoms with Crippen LogP contribution in [0.5, 0.6) is 0 Å². The largest absolute Gasteiger partial charge is 0.328 e. The first-order chi connectivity index (χ1) is 15.1. The Labute approximate surface area is 184 Å². The third-order valence-electron chi connectivity index (χ3n) is 6.44. The van der Waals surface area contributed by atoms with Gasteiger partial charge in [0.15, 0.2) is 5.65 Å². The number of aryl methyl sites for hydroxylation is 1. The number of aromatic nitrogens is 3. The van der Waals surface area contributed by atoms with Crippen molar-refractivity contribution >= 4 is 33.5 Å². The monoisotopic (exact) mass is 433 g/mol. The highest BCUT2D eigenvalue weighted by atomic mass is 35.5. The Hall–Kier alpha value is -2.92. The molecule has 0 spiro atoms. The maximum Gasteiger partial charge on any atom is 0.267 e. The van der Waals surface area contributed by atoms with Crippen LogP contribution in [0.15, 0.2) is 58.1 Å². The molecule has 5 nitrogen and oxygen atoms in total. The number of rotatable bonds is 2. The molecule has 1 saturated carbocycles. The molecule has 1 aliphatic rings. The van der Waals surface area contributed by atoms with Crippen LogP contribution in [0.4, 0.5) is 0 Å². The first-order valence-electron chi connectivity index (χ1n) is 10.9.